The van der Waals surface area contributed by atoms with E-state index in [-0.39, 0.29) is 11.8 Å². The fourth-order valence-corrected chi connectivity index (χ4v) is 3.07. The van der Waals surface area contributed by atoms with Crippen molar-refractivity contribution < 1.29 is 18.8 Å². The number of benzene rings is 2. The van der Waals surface area contributed by atoms with Gasteiger partial charge in [-0.2, -0.15) is 4.98 Å². The second-order valence-electron chi connectivity index (χ2n) is 7.23. The van der Waals surface area contributed by atoms with Crippen LogP contribution in [0.25, 0.3) is 11.4 Å². The van der Waals surface area contributed by atoms with E-state index in [0.29, 0.717) is 28.8 Å². The third-order valence-electron chi connectivity index (χ3n) is 5.16. The Hall–Kier alpha value is -3.35. The van der Waals surface area contributed by atoms with Gasteiger partial charge in [0.05, 0.1) is 14.2 Å². The topological polar surface area (TPSA) is 86.5 Å². The van der Waals surface area contributed by atoms with Gasteiger partial charge in [0, 0.05) is 11.1 Å². The highest BCUT2D eigenvalue weighted by Crippen LogP contribution is 2.32. The number of aromatic nitrogens is 2. The molecular weight excluding hydrogens is 382 g/mol. The second-order valence-corrected chi connectivity index (χ2v) is 7.23. The normalized spacial score (nSPS) is 12.8. The van der Waals surface area contributed by atoms with Gasteiger partial charge in [-0.1, -0.05) is 43.1 Å². The number of carbonyl (C=O) groups excluding carboxylic acids is 1. The minimum Gasteiger partial charge on any atom is -0.493 e. The first-order valence-electron chi connectivity index (χ1n) is 9.90. The smallest absolute Gasteiger partial charge is 0.251 e. The molecule has 30 heavy (non-hydrogen) atoms. The molecule has 0 aliphatic carbocycles. The Labute approximate surface area is 176 Å². The van der Waals surface area contributed by atoms with E-state index in [1.165, 1.54) is 0 Å². The third kappa shape index (κ3) is 4.62. The molecule has 1 heterocycles. The van der Waals surface area contributed by atoms with Crippen LogP contribution in [-0.2, 0) is 0 Å². The van der Waals surface area contributed by atoms with Crippen LogP contribution in [0.3, 0.4) is 0 Å². The van der Waals surface area contributed by atoms with Crippen LogP contribution in [0, 0.1) is 12.8 Å². The minimum absolute atomic E-state index is 0.109. The number of rotatable bonds is 8. The fourth-order valence-electron chi connectivity index (χ4n) is 3.07. The highest BCUT2D eigenvalue weighted by Gasteiger charge is 2.27. The quantitative estimate of drug-likeness (QED) is 0.586. The number of methoxy groups -OCH3 is 2. The van der Waals surface area contributed by atoms with Gasteiger partial charge in [-0.3, -0.25) is 4.79 Å². The molecule has 0 radical (unpaired) electrons. The number of aryl methyl sites for hydroxylation is 1. The van der Waals surface area contributed by atoms with Crippen LogP contribution >= 0.6 is 0 Å². The van der Waals surface area contributed by atoms with E-state index >= 15 is 0 Å². The molecule has 2 aromatic carbocycles. The molecule has 0 fully saturated rings. The van der Waals surface area contributed by atoms with Gasteiger partial charge in [0.25, 0.3) is 5.91 Å². The Morgan fingerprint density at radius 3 is 2.43 bits per heavy atom. The Kier molecular flexibility index (Phi) is 6.72. The number of nitrogens with zero attached hydrogens (tertiary/aromatic N) is 2. The summed E-state index contributed by atoms with van der Waals surface area (Å²) < 4.78 is 16.2. The van der Waals surface area contributed by atoms with Crippen LogP contribution in [0.4, 0.5) is 0 Å². The van der Waals surface area contributed by atoms with E-state index in [9.17, 15) is 4.79 Å². The highest BCUT2D eigenvalue weighted by atomic mass is 16.5. The lowest BCUT2D eigenvalue weighted by atomic mass is 9.98. The van der Waals surface area contributed by atoms with Crippen LogP contribution in [-0.4, -0.2) is 30.3 Å². The summed E-state index contributed by atoms with van der Waals surface area (Å²) >= 11 is 0. The Balaban J connectivity index is 1.86. The molecule has 1 amide bonds. The maximum atomic E-state index is 12.8. The van der Waals surface area contributed by atoms with Crippen molar-refractivity contribution in [2.75, 3.05) is 14.2 Å². The molecule has 1 N–H and O–H groups in total. The van der Waals surface area contributed by atoms with Crippen molar-refractivity contribution >= 4 is 5.91 Å². The van der Waals surface area contributed by atoms with Gasteiger partial charge in [0.2, 0.25) is 11.7 Å². The number of hydrogen-bond acceptors (Lipinski definition) is 6. The first-order valence-corrected chi connectivity index (χ1v) is 9.90. The van der Waals surface area contributed by atoms with E-state index in [1.54, 1.807) is 38.5 Å². The summed E-state index contributed by atoms with van der Waals surface area (Å²) in [6, 6.07) is 12.4. The molecule has 0 saturated heterocycles. The van der Waals surface area contributed by atoms with Crippen molar-refractivity contribution in [3.8, 4) is 22.9 Å². The monoisotopic (exact) mass is 409 g/mol. The standard InChI is InChI=1S/C23H27N3O4/c1-6-15(3)20(24-22(27)16-9-7-14(2)8-10-16)23-25-21(26-30-23)17-11-12-18(28-4)19(13-17)29-5/h7-13,15,20H,6H2,1-5H3,(H,24,27). The Morgan fingerprint density at radius 1 is 1.10 bits per heavy atom. The Bertz CT molecular complexity index is 998. The summed E-state index contributed by atoms with van der Waals surface area (Å²) in [6.45, 7) is 6.08. The zero-order valence-electron chi connectivity index (χ0n) is 17.9. The van der Waals surface area contributed by atoms with E-state index in [0.717, 1.165) is 17.5 Å². The molecule has 158 valence electrons. The van der Waals surface area contributed by atoms with Gasteiger partial charge in [-0.05, 0) is 43.2 Å². The van der Waals surface area contributed by atoms with Crippen molar-refractivity contribution in [3.05, 3.63) is 59.5 Å². The predicted octanol–water partition coefficient (Wildman–Crippen LogP) is 4.58. The molecule has 0 bridgehead atoms. The number of ether oxygens (including phenoxy) is 2. The first-order chi connectivity index (χ1) is 14.5. The lowest BCUT2D eigenvalue weighted by Gasteiger charge is -2.20. The SMILES string of the molecule is CCC(C)C(NC(=O)c1ccc(C)cc1)c1nc(-c2ccc(OC)c(OC)c2)no1. The average Bonchev–Trinajstić information content (AvgIpc) is 3.26. The summed E-state index contributed by atoms with van der Waals surface area (Å²) in [6.07, 6.45) is 0.840. The van der Waals surface area contributed by atoms with Gasteiger partial charge in [-0.15, -0.1) is 0 Å². The summed E-state index contributed by atoms with van der Waals surface area (Å²) in [4.78, 5) is 17.3. The van der Waals surface area contributed by atoms with E-state index < -0.39 is 6.04 Å². The molecule has 7 heteroatoms. The van der Waals surface area contributed by atoms with Crippen LogP contribution in [0.2, 0.25) is 0 Å². The molecule has 7 nitrogen and oxygen atoms in total. The minimum atomic E-state index is -0.398. The van der Waals surface area contributed by atoms with Crippen molar-refractivity contribution in [3.63, 3.8) is 0 Å². The van der Waals surface area contributed by atoms with Crippen molar-refractivity contribution in [2.45, 2.75) is 33.2 Å². The zero-order chi connectivity index (χ0) is 21.7. The highest BCUT2D eigenvalue weighted by molar-refractivity contribution is 5.94. The molecule has 0 aliphatic rings. The van der Waals surface area contributed by atoms with Gasteiger partial charge in [0.15, 0.2) is 11.5 Å². The molecule has 0 aliphatic heterocycles. The molecule has 1 aromatic heterocycles. The number of amides is 1. The fraction of sp³-hybridized carbons (Fsp3) is 0.348. The summed E-state index contributed by atoms with van der Waals surface area (Å²) in [5.74, 6) is 1.92. The van der Waals surface area contributed by atoms with Gasteiger partial charge >= 0.3 is 0 Å². The van der Waals surface area contributed by atoms with E-state index in [4.69, 9.17) is 14.0 Å². The molecule has 0 saturated carbocycles. The van der Waals surface area contributed by atoms with Crippen molar-refractivity contribution in [1.29, 1.82) is 0 Å². The molecule has 0 spiro atoms. The maximum Gasteiger partial charge on any atom is 0.251 e. The van der Waals surface area contributed by atoms with Gasteiger partial charge < -0.3 is 19.3 Å². The molecule has 2 atom stereocenters. The third-order valence-corrected chi connectivity index (χ3v) is 5.16. The molecule has 3 aromatic rings. The van der Waals surface area contributed by atoms with Gasteiger partial charge in [-0.25, -0.2) is 0 Å². The van der Waals surface area contributed by atoms with E-state index in [2.05, 4.69) is 22.4 Å². The van der Waals surface area contributed by atoms with Gasteiger partial charge in [0.1, 0.15) is 6.04 Å². The molecule has 2 unspecified atom stereocenters. The lowest BCUT2D eigenvalue weighted by Crippen LogP contribution is -2.32. The van der Waals surface area contributed by atoms with Crippen LogP contribution in [0.5, 0.6) is 11.5 Å². The van der Waals surface area contributed by atoms with Crippen LogP contribution < -0.4 is 14.8 Å². The molecular formula is C23H27N3O4. The lowest BCUT2D eigenvalue weighted by molar-refractivity contribution is 0.0910. The number of hydrogen-bond donors (Lipinski definition) is 1. The van der Waals surface area contributed by atoms with Crippen molar-refractivity contribution in [1.82, 2.24) is 15.5 Å². The number of nitrogens with one attached hydrogen (secondary N) is 1. The maximum absolute atomic E-state index is 12.8. The Morgan fingerprint density at radius 2 is 1.80 bits per heavy atom. The average molecular weight is 409 g/mol. The van der Waals surface area contributed by atoms with E-state index in [1.807, 2.05) is 32.0 Å². The van der Waals surface area contributed by atoms with Crippen molar-refractivity contribution in [2.24, 2.45) is 5.92 Å². The molecule has 3 rings (SSSR count). The summed E-state index contributed by atoms with van der Waals surface area (Å²) in [5.41, 5.74) is 2.42. The van der Waals surface area contributed by atoms with Crippen LogP contribution in [0.1, 0.15) is 48.1 Å². The number of carbonyl (C=O) groups is 1. The zero-order valence-corrected chi connectivity index (χ0v) is 17.9. The van der Waals surface area contributed by atoms with Crippen LogP contribution in [0.15, 0.2) is 47.0 Å². The second kappa shape index (κ2) is 9.43. The largest absolute Gasteiger partial charge is 0.493 e. The first kappa shape index (κ1) is 21.4. The summed E-state index contributed by atoms with van der Waals surface area (Å²) in [5, 5.41) is 7.16. The summed E-state index contributed by atoms with van der Waals surface area (Å²) in [7, 11) is 3.15. The predicted molar refractivity (Wildman–Crippen MR) is 114 cm³/mol.